The molecule has 0 aliphatic carbocycles. The maximum atomic E-state index is 13.5. The van der Waals surface area contributed by atoms with E-state index in [2.05, 4.69) is 5.10 Å². The molecule has 0 fully saturated rings. The summed E-state index contributed by atoms with van der Waals surface area (Å²) in [4.78, 5) is 15.1. The molecule has 8 heteroatoms. The zero-order valence-corrected chi connectivity index (χ0v) is 18.5. The average Bonchev–Trinajstić information content (AvgIpc) is 3.45. The Balaban J connectivity index is 1.76. The number of para-hydroxylation sites is 1. The van der Waals surface area contributed by atoms with E-state index < -0.39 is 0 Å². The Morgan fingerprint density at radius 3 is 2.44 bits per heavy atom. The predicted octanol–water partition coefficient (Wildman–Crippen LogP) is 3.56. The Hall–Kier alpha value is -4.07. The summed E-state index contributed by atoms with van der Waals surface area (Å²) in [6, 6.07) is 15.2. The summed E-state index contributed by atoms with van der Waals surface area (Å²) in [6.45, 7) is 0.439. The molecule has 32 heavy (non-hydrogen) atoms. The van der Waals surface area contributed by atoms with Gasteiger partial charge in [-0.2, -0.15) is 10.2 Å². The number of amides is 1. The van der Waals surface area contributed by atoms with E-state index in [4.69, 9.17) is 14.6 Å². The Labute approximate surface area is 186 Å². The Kier molecular flexibility index (Phi) is 5.93. The summed E-state index contributed by atoms with van der Waals surface area (Å²) >= 11 is 0. The second kappa shape index (κ2) is 8.97. The van der Waals surface area contributed by atoms with Gasteiger partial charge in [0, 0.05) is 44.2 Å². The number of aryl methyl sites for hydroxylation is 1. The SMILES string of the molecule is COc1ccc(-c2nn(-c3ccccc3)cc2C(=O)N(C)Cc2cnn(C)c2)cc1OC. The molecule has 0 N–H and O–H groups in total. The third kappa shape index (κ3) is 4.20. The number of methoxy groups -OCH3 is 2. The van der Waals surface area contributed by atoms with E-state index in [1.165, 1.54) is 0 Å². The summed E-state index contributed by atoms with van der Waals surface area (Å²) in [7, 11) is 6.79. The molecular weight excluding hydrogens is 406 g/mol. The highest BCUT2D eigenvalue weighted by Gasteiger charge is 2.23. The number of nitrogens with zero attached hydrogens (tertiary/aromatic N) is 5. The molecule has 2 heterocycles. The molecule has 0 saturated carbocycles. The van der Waals surface area contributed by atoms with Crippen LogP contribution in [0, 0.1) is 0 Å². The molecule has 0 aliphatic heterocycles. The summed E-state index contributed by atoms with van der Waals surface area (Å²) in [5, 5.41) is 8.94. The standard InChI is InChI=1S/C24H25N5O3/c1-27(14-17-13-25-28(2)15-17)24(30)20-16-29(19-8-6-5-7-9-19)26-23(20)18-10-11-21(31-3)22(12-18)32-4/h5-13,15-16H,14H2,1-4H3. The van der Waals surface area contributed by atoms with Gasteiger partial charge < -0.3 is 14.4 Å². The van der Waals surface area contributed by atoms with Gasteiger partial charge in [0.15, 0.2) is 11.5 Å². The van der Waals surface area contributed by atoms with E-state index in [1.54, 1.807) is 47.9 Å². The van der Waals surface area contributed by atoms with Gasteiger partial charge in [-0.05, 0) is 30.3 Å². The molecule has 2 aromatic heterocycles. The summed E-state index contributed by atoms with van der Waals surface area (Å²) < 4.78 is 14.2. The normalized spacial score (nSPS) is 10.8. The van der Waals surface area contributed by atoms with Gasteiger partial charge in [0.05, 0.1) is 31.7 Å². The largest absolute Gasteiger partial charge is 0.493 e. The van der Waals surface area contributed by atoms with Crippen LogP contribution >= 0.6 is 0 Å². The van der Waals surface area contributed by atoms with E-state index >= 15 is 0 Å². The fraction of sp³-hybridized carbons (Fsp3) is 0.208. The Morgan fingerprint density at radius 1 is 1.03 bits per heavy atom. The van der Waals surface area contributed by atoms with Crippen molar-refractivity contribution in [2.45, 2.75) is 6.54 Å². The van der Waals surface area contributed by atoms with Gasteiger partial charge in [0.1, 0.15) is 5.69 Å². The molecule has 1 amide bonds. The van der Waals surface area contributed by atoms with E-state index in [9.17, 15) is 4.79 Å². The fourth-order valence-corrected chi connectivity index (χ4v) is 3.54. The lowest BCUT2D eigenvalue weighted by Gasteiger charge is -2.16. The fourth-order valence-electron chi connectivity index (χ4n) is 3.54. The maximum absolute atomic E-state index is 13.5. The van der Waals surface area contributed by atoms with Crippen molar-refractivity contribution in [1.29, 1.82) is 0 Å². The zero-order chi connectivity index (χ0) is 22.7. The summed E-state index contributed by atoms with van der Waals surface area (Å²) in [5.41, 5.74) is 3.63. The van der Waals surface area contributed by atoms with E-state index in [0.717, 1.165) is 16.8 Å². The van der Waals surface area contributed by atoms with Gasteiger partial charge in [0.25, 0.3) is 5.91 Å². The van der Waals surface area contributed by atoms with Gasteiger partial charge in [-0.1, -0.05) is 18.2 Å². The van der Waals surface area contributed by atoms with Crippen molar-refractivity contribution in [3.05, 3.63) is 78.2 Å². The predicted molar refractivity (Wildman–Crippen MR) is 121 cm³/mol. The number of benzene rings is 2. The lowest BCUT2D eigenvalue weighted by atomic mass is 10.1. The lowest BCUT2D eigenvalue weighted by Crippen LogP contribution is -2.26. The smallest absolute Gasteiger partial charge is 0.257 e. The molecule has 0 saturated heterocycles. The minimum absolute atomic E-state index is 0.138. The number of carbonyl (C=O) groups excluding carboxylic acids is 1. The quantitative estimate of drug-likeness (QED) is 0.447. The van der Waals surface area contributed by atoms with Crippen LogP contribution in [0.3, 0.4) is 0 Å². The van der Waals surface area contributed by atoms with Crippen LogP contribution in [0.25, 0.3) is 16.9 Å². The molecule has 164 valence electrons. The van der Waals surface area contributed by atoms with Crippen LogP contribution in [0.1, 0.15) is 15.9 Å². The summed E-state index contributed by atoms with van der Waals surface area (Å²) in [6.07, 6.45) is 5.42. The first-order valence-electron chi connectivity index (χ1n) is 10.1. The van der Waals surface area contributed by atoms with Crippen LogP contribution in [0.5, 0.6) is 11.5 Å². The number of aromatic nitrogens is 4. The van der Waals surface area contributed by atoms with Crippen molar-refractivity contribution in [3.8, 4) is 28.4 Å². The molecule has 0 radical (unpaired) electrons. The Morgan fingerprint density at radius 2 is 1.78 bits per heavy atom. The minimum Gasteiger partial charge on any atom is -0.493 e. The van der Waals surface area contributed by atoms with E-state index in [1.807, 2.05) is 61.8 Å². The monoisotopic (exact) mass is 431 g/mol. The second-order valence-corrected chi connectivity index (χ2v) is 7.42. The van der Waals surface area contributed by atoms with Gasteiger partial charge >= 0.3 is 0 Å². The van der Waals surface area contributed by atoms with Crippen LogP contribution in [0.4, 0.5) is 0 Å². The van der Waals surface area contributed by atoms with Crippen LogP contribution in [-0.4, -0.2) is 51.6 Å². The first-order valence-corrected chi connectivity index (χ1v) is 10.1. The zero-order valence-electron chi connectivity index (χ0n) is 18.5. The molecule has 0 aliphatic rings. The van der Waals surface area contributed by atoms with E-state index in [-0.39, 0.29) is 5.91 Å². The molecule has 8 nitrogen and oxygen atoms in total. The minimum atomic E-state index is -0.138. The molecule has 4 aromatic rings. The molecule has 2 aromatic carbocycles. The molecule has 4 rings (SSSR count). The Bertz CT molecular complexity index is 1230. The third-order valence-electron chi connectivity index (χ3n) is 5.15. The van der Waals surface area contributed by atoms with Crippen molar-refractivity contribution in [3.63, 3.8) is 0 Å². The van der Waals surface area contributed by atoms with Crippen LogP contribution in [0.2, 0.25) is 0 Å². The van der Waals surface area contributed by atoms with Gasteiger partial charge in [-0.15, -0.1) is 0 Å². The van der Waals surface area contributed by atoms with E-state index in [0.29, 0.717) is 29.3 Å². The number of hydrogen-bond acceptors (Lipinski definition) is 5. The van der Waals surface area contributed by atoms with Gasteiger partial charge in [-0.25, -0.2) is 4.68 Å². The van der Waals surface area contributed by atoms with Crippen molar-refractivity contribution in [2.75, 3.05) is 21.3 Å². The van der Waals surface area contributed by atoms with Crippen molar-refractivity contribution in [1.82, 2.24) is 24.5 Å². The highest BCUT2D eigenvalue weighted by Crippen LogP contribution is 2.33. The van der Waals surface area contributed by atoms with Gasteiger partial charge in [-0.3, -0.25) is 9.48 Å². The van der Waals surface area contributed by atoms with Crippen molar-refractivity contribution < 1.29 is 14.3 Å². The topological polar surface area (TPSA) is 74.4 Å². The summed E-state index contributed by atoms with van der Waals surface area (Å²) in [5.74, 6) is 1.04. The third-order valence-corrected chi connectivity index (χ3v) is 5.15. The van der Waals surface area contributed by atoms with Crippen LogP contribution < -0.4 is 9.47 Å². The highest BCUT2D eigenvalue weighted by molar-refractivity contribution is 6.00. The number of hydrogen-bond donors (Lipinski definition) is 0. The molecular formula is C24H25N5O3. The van der Waals surface area contributed by atoms with Gasteiger partial charge in [0.2, 0.25) is 0 Å². The molecule has 0 spiro atoms. The van der Waals surface area contributed by atoms with Crippen LogP contribution in [0.15, 0.2) is 67.1 Å². The molecule has 0 bridgehead atoms. The molecule has 0 atom stereocenters. The maximum Gasteiger partial charge on any atom is 0.257 e. The first kappa shape index (κ1) is 21.2. The number of ether oxygens (including phenoxy) is 2. The highest BCUT2D eigenvalue weighted by atomic mass is 16.5. The number of rotatable bonds is 7. The first-order chi connectivity index (χ1) is 15.5. The average molecular weight is 431 g/mol. The van der Waals surface area contributed by atoms with Crippen molar-refractivity contribution in [2.24, 2.45) is 7.05 Å². The molecule has 0 unspecified atom stereocenters. The van der Waals surface area contributed by atoms with Crippen molar-refractivity contribution >= 4 is 5.91 Å². The van der Waals surface area contributed by atoms with Crippen LogP contribution in [-0.2, 0) is 13.6 Å². The lowest BCUT2D eigenvalue weighted by molar-refractivity contribution is 0.0786. The number of carbonyl (C=O) groups is 1. The second-order valence-electron chi connectivity index (χ2n) is 7.42.